The summed E-state index contributed by atoms with van der Waals surface area (Å²) in [6, 6.07) is 8.64. The SMILES string of the molecule is Cc1ccccc1NS(=O)(=O)c1cc(-c2noc(C(=O)N3CCOCC3)n2)sc1C. The second-order valence-electron chi connectivity index (χ2n) is 6.78. The first-order chi connectivity index (χ1) is 14.3. The van der Waals surface area contributed by atoms with Gasteiger partial charge in [-0.15, -0.1) is 11.3 Å². The molecule has 158 valence electrons. The minimum Gasteiger partial charge on any atom is -0.378 e. The van der Waals surface area contributed by atoms with Crippen LogP contribution in [0.1, 0.15) is 21.1 Å². The molecule has 1 saturated heterocycles. The molecule has 2 aromatic heterocycles. The van der Waals surface area contributed by atoms with Crippen LogP contribution < -0.4 is 4.72 Å². The third-order valence-electron chi connectivity index (χ3n) is 4.68. The number of nitrogens with zero attached hydrogens (tertiary/aromatic N) is 3. The molecule has 1 aliphatic heterocycles. The molecule has 1 amide bonds. The molecule has 0 bridgehead atoms. The zero-order valence-electron chi connectivity index (χ0n) is 16.4. The van der Waals surface area contributed by atoms with Crippen LogP contribution in [0.25, 0.3) is 10.7 Å². The summed E-state index contributed by atoms with van der Waals surface area (Å²) in [5.41, 5.74) is 1.33. The van der Waals surface area contributed by atoms with E-state index in [0.29, 0.717) is 41.7 Å². The van der Waals surface area contributed by atoms with Crippen molar-refractivity contribution in [1.29, 1.82) is 0 Å². The normalized spacial score (nSPS) is 14.7. The number of amides is 1. The van der Waals surface area contributed by atoms with E-state index in [9.17, 15) is 13.2 Å². The smallest absolute Gasteiger partial charge is 0.316 e. The van der Waals surface area contributed by atoms with Crippen LogP contribution in [0.2, 0.25) is 0 Å². The molecule has 0 unspecified atom stereocenters. The zero-order chi connectivity index (χ0) is 21.3. The Kier molecular flexibility index (Phi) is 5.58. The summed E-state index contributed by atoms with van der Waals surface area (Å²) >= 11 is 1.22. The summed E-state index contributed by atoms with van der Waals surface area (Å²) in [5, 5.41) is 3.87. The molecule has 3 heterocycles. The fourth-order valence-electron chi connectivity index (χ4n) is 3.04. The van der Waals surface area contributed by atoms with Gasteiger partial charge < -0.3 is 14.2 Å². The number of morpholine rings is 1. The number of hydrogen-bond donors (Lipinski definition) is 1. The molecule has 0 spiro atoms. The maximum Gasteiger partial charge on any atom is 0.316 e. The molecule has 0 atom stereocenters. The standard InChI is InChI=1S/C19H20N4O5S2/c1-12-5-3-4-6-14(12)22-30(25,26)16-11-15(29-13(16)2)17-20-18(28-21-17)19(24)23-7-9-27-10-8-23/h3-6,11,22H,7-10H2,1-2H3. The van der Waals surface area contributed by atoms with Crippen LogP contribution in [0.5, 0.6) is 0 Å². The van der Waals surface area contributed by atoms with Gasteiger partial charge in [-0.3, -0.25) is 9.52 Å². The van der Waals surface area contributed by atoms with Crippen LogP contribution in [0.4, 0.5) is 5.69 Å². The third kappa shape index (κ3) is 4.09. The van der Waals surface area contributed by atoms with Gasteiger partial charge in [0.05, 0.1) is 23.8 Å². The molecule has 1 fully saturated rings. The van der Waals surface area contributed by atoms with Gasteiger partial charge in [-0.25, -0.2) is 8.42 Å². The van der Waals surface area contributed by atoms with Crippen LogP contribution in [0.15, 0.2) is 39.8 Å². The van der Waals surface area contributed by atoms with E-state index >= 15 is 0 Å². The number of rotatable bonds is 5. The van der Waals surface area contributed by atoms with Gasteiger partial charge in [0.25, 0.3) is 10.0 Å². The maximum atomic E-state index is 12.9. The number of carbonyl (C=O) groups excluding carboxylic acids is 1. The fraction of sp³-hybridized carbons (Fsp3) is 0.316. The lowest BCUT2D eigenvalue weighted by Crippen LogP contribution is -2.40. The number of ether oxygens (including phenoxy) is 1. The van der Waals surface area contributed by atoms with Crippen molar-refractivity contribution in [3.05, 3.63) is 46.7 Å². The quantitative estimate of drug-likeness (QED) is 0.638. The number of sulfonamides is 1. The Morgan fingerprint density at radius 1 is 1.20 bits per heavy atom. The number of thiophene rings is 1. The number of benzene rings is 1. The first-order valence-corrected chi connectivity index (χ1v) is 11.5. The molecule has 3 aromatic rings. The van der Waals surface area contributed by atoms with Gasteiger partial charge in [0.2, 0.25) is 5.82 Å². The van der Waals surface area contributed by atoms with E-state index in [1.807, 2.05) is 19.1 Å². The first kappa shape index (κ1) is 20.5. The van der Waals surface area contributed by atoms with Gasteiger partial charge in [-0.2, -0.15) is 4.98 Å². The number of hydrogen-bond acceptors (Lipinski definition) is 8. The third-order valence-corrected chi connectivity index (χ3v) is 7.35. The van der Waals surface area contributed by atoms with Gasteiger partial charge >= 0.3 is 11.8 Å². The summed E-state index contributed by atoms with van der Waals surface area (Å²) < 4.78 is 38.8. The topological polar surface area (TPSA) is 115 Å². The van der Waals surface area contributed by atoms with Crippen LogP contribution in [-0.4, -0.2) is 55.7 Å². The van der Waals surface area contributed by atoms with E-state index in [-0.39, 0.29) is 22.5 Å². The van der Waals surface area contributed by atoms with E-state index < -0.39 is 10.0 Å². The summed E-state index contributed by atoms with van der Waals surface area (Å²) in [7, 11) is -3.80. The minimum atomic E-state index is -3.80. The predicted molar refractivity (Wildman–Crippen MR) is 111 cm³/mol. The number of aromatic nitrogens is 2. The van der Waals surface area contributed by atoms with Crippen molar-refractivity contribution >= 4 is 33.0 Å². The Morgan fingerprint density at radius 2 is 1.93 bits per heavy atom. The van der Waals surface area contributed by atoms with Gasteiger partial charge in [0.15, 0.2) is 0 Å². The first-order valence-electron chi connectivity index (χ1n) is 9.25. The molecule has 0 aliphatic carbocycles. The van der Waals surface area contributed by atoms with E-state index in [4.69, 9.17) is 9.26 Å². The molecule has 11 heteroatoms. The molecular formula is C19H20N4O5S2. The molecule has 0 saturated carbocycles. The van der Waals surface area contributed by atoms with E-state index in [1.54, 1.807) is 24.0 Å². The Bertz CT molecular complexity index is 1180. The fourth-order valence-corrected chi connectivity index (χ4v) is 5.69. The number of anilines is 1. The number of nitrogens with one attached hydrogen (secondary N) is 1. The van der Waals surface area contributed by atoms with Crippen molar-refractivity contribution in [2.24, 2.45) is 0 Å². The lowest BCUT2D eigenvalue weighted by atomic mass is 10.2. The molecule has 1 aromatic carbocycles. The Morgan fingerprint density at radius 3 is 2.67 bits per heavy atom. The molecule has 1 aliphatic rings. The average Bonchev–Trinajstić information content (AvgIpc) is 3.37. The van der Waals surface area contributed by atoms with Crippen molar-refractivity contribution < 1.29 is 22.5 Å². The largest absolute Gasteiger partial charge is 0.378 e. The van der Waals surface area contributed by atoms with Crippen LogP contribution in [0, 0.1) is 13.8 Å². The average molecular weight is 449 g/mol. The van der Waals surface area contributed by atoms with Crippen LogP contribution >= 0.6 is 11.3 Å². The second kappa shape index (κ2) is 8.17. The van der Waals surface area contributed by atoms with E-state index in [2.05, 4.69) is 14.9 Å². The van der Waals surface area contributed by atoms with Crippen molar-refractivity contribution in [3.63, 3.8) is 0 Å². The number of carbonyl (C=O) groups is 1. The van der Waals surface area contributed by atoms with Crippen LogP contribution in [0.3, 0.4) is 0 Å². The van der Waals surface area contributed by atoms with Crippen molar-refractivity contribution in [2.75, 3.05) is 31.0 Å². The van der Waals surface area contributed by atoms with Crippen molar-refractivity contribution in [1.82, 2.24) is 15.0 Å². The molecule has 4 rings (SSSR count). The van der Waals surface area contributed by atoms with E-state index in [1.165, 1.54) is 17.4 Å². The van der Waals surface area contributed by atoms with Crippen molar-refractivity contribution in [3.8, 4) is 10.7 Å². The lowest BCUT2D eigenvalue weighted by molar-refractivity contribution is 0.0272. The summed E-state index contributed by atoms with van der Waals surface area (Å²) in [6.45, 7) is 5.39. The van der Waals surface area contributed by atoms with Crippen molar-refractivity contribution in [2.45, 2.75) is 18.7 Å². The number of para-hydroxylation sites is 1. The molecule has 0 radical (unpaired) electrons. The van der Waals surface area contributed by atoms with Gasteiger partial charge in [-0.05, 0) is 31.5 Å². The highest BCUT2D eigenvalue weighted by atomic mass is 32.2. The highest BCUT2D eigenvalue weighted by molar-refractivity contribution is 7.93. The molecular weight excluding hydrogens is 428 g/mol. The zero-order valence-corrected chi connectivity index (χ0v) is 18.0. The second-order valence-corrected chi connectivity index (χ2v) is 9.69. The number of aryl methyl sites for hydroxylation is 2. The summed E-state index contributed by atoms with van der Waals surface area (Å²) in [5.74, 6) is -0.308. The van der Waals surface area contributed by atoms with Gasteiger partial charge in [-0.1, -0.05) is 23.4 Å². The van der Waals surface area contributed by atoms with E-state index in [0.717, 1.165) is 5.56 Å². The molecule has 9 nitrogen and oxygen atoms in total. The highest BCUT2D eigenvalue weighted by Gasteiger charge is 2.26. The van der Waals surface area contributed by atoms with Gasteiger partial charge in [0.1, 0.15) is 4.90 Å². The molecule has 30 heavy (non-hydrogen) atoms. The minimum absolute atomic E-state index is 0.125. The Hall–Kier alpha value is -2.76. The Balaban J connectivity index is 1.58. The maximum absolute atomic E-state index is 12.9. The lowest BCUT2D eigenvalue weighted by Gasteiger charge is -2.25. The monoisotopic (exact) mass is 448 g/mol. The highest BCUT2D eigenvalue weighted by Crippen LogP contribution is 2.33. The van der Waals surface area contributed by atoms with Gasteiger partial charge in [0, 0.05) is 18.0 Å². The Labute approximate surface area is 177 Å². The predicted octanol–water partition coefficient (Wildman–Crippen LogP) is 2.69. The van der Waals surface area contributed by atoms with Crippen LogP contribution in [-0.2, 0) is 14.8 Å². The molecule has 1 N–H and O–H groups in total. The summed E-state index contributed by atoms with van der Waals surface area (Å²) in [4.78, 5) is 19.5. The summed E-state index contributed by atoms with van der Waals surface area (Å²) in [6.07, 6.45) is 0.